The molecule has 0 bridgehead atoms. The number of allylic oxidation sites excluding steroid dienone is 4. The lowest BCUT2D eigenvalue weighted by Crippen LogP contribution is -2.30. The maximum atomic E-state index is 13.1. The number of phosphoric acid groups is 2. The predicted molar refractivity (Wildman–Crippen MR) is 391 cm³/mol. The van der Waals surface area contributed by atoms with Crippen LogP contribution < -0.4 is 0 Å². The van der Waals surface area contributed by atoms with E-state index in [-0.39, 0.29) is 25.7 Å². The van der Waals surface area contributed by atoms with Gasteiger partial charge in [-0.15, -0.1) is 0 Å². The predicted octanol–water partition coefficient (Wildman–Crippen LogP) is 22.6. The Bertz CT molecular complexity index is 1920. The molecule has 96 heavy (non-hydrogen) atoms. The highest BCUT2D eigenvalue weighted by Gasteiger charge is 2.30. The Balaban J connectivity index is 5.29. The quantitative estimate of drug-likeness (QED) is 0.0169. The number of unbranched alkanes of at least 4 members (excludes halogenated alkanes) is 47. The van der Waals surface area contributed by atoms with E-state index in [1.54, 1.807) is 0 Å². The molecule has 0 aromatic carbocycles. The second kappa shape index (κ2) is 71.0. The summed E-state index contributed by atoms with van der Waals surface area (Å²) >= 11 is 0. The fourth-order valence-electron chi connectivity index (χ4n) is 11.4. The van der Waals surface area contributed by atoms with Gasteiger partial charge in [0, 0.05) is 25.7 Å². The fraction of sp³-hybridized carbons (Fsp3) is 0.896. The summed E-state index contributed by atoms with van der Waals surface area (Å²) in [5.41, 5.74) is 0. The van der Waals surface area contributed by atoms with Gasteiger partial charge in [0.15, 0.2) is 12.2 Å². The molecule has 2 unspecified atom stereocenters. The van der Waals surface area contributed by atoms with E-state index in [1.165, 1.54) is 199 Å². The summed E-state index contributed by atoms with van der Waals surface area (Å²) in [5, 5.41) is 10.6. The summed E-state index contributed by atoms with van der Waals surface area (Å²) in [7, 11) is -9.92. The van der Waals surface area contributed by atoms with Crippen molar-refractivity contribution in [3.63, 3.8) is 0 Å². The Morgan fingerprint density at radius 3 is 0.760 bits per heavy atom. The fourth-order valence-corrected chi connectivity index (χ4v) is 13.0. The molecule has 0 aliphatic rings. The van der Waals surface area contributed by atoms with Gasteiger partial charge in [-0.1, -0.05) is 335 Å². The molecular formula is C77H146O17P2. The highest BCUT2D eigenvalue weighted by atomic mass is 31.2. The van der Waals surface area contributed by atoms with Crippen LogP contribution in [0.4, 0.5) is 0 Å². The molecule has 17 nitrogen and oxygen atoms in total. The largest absolute Gasteiger partial charge is 0.472 e. The standard InChI is InChI=1S/C77H146O17P2/c1-5-9-13-17-21-25-29-33-35-37-40-44-48-52-56-60-64-77(82)94-73(68-88-75(80)62-58-54-50-46-42-39-36-34-30-26-22-18-14-10-6-2)70-92-96(85,86)90-66-71(78)65-89-95(83,84)91-69-72(67-87-74(79)61-57-53-49-45-41-32-28-24-20-16-12-8-4)93-76(81)63-59-55-51-47-43-38-31-27-23-19-15-11-7-3/h26,30,34,36,71-73,78H,5-25,27-29,31-33,35,37-70H2,1-4H3,(H,83,84)(H,85,86)/b30-26-,36-34-/t71-,72+,73+/m0/s1. The van der Waals surface area contributed by atoms with E-state index in [0.717, 1.165) is 109 Å². The van der Waals surface area contributed by atoms with E-state index < -0.39 is 97.5 Å². The summed E-state index contributed by atoms with van der Waals surface area (Å²) in [6.07, 6.45) is 64.4. The van der Waals surface area contributed by atoms with Gasteiger partial charge in [0.25, 0.3) is 0 Å². The lowest BCUT2D eigenvalue weighted by atomic mass is 10.0. The first-order valence-electron chi connectivity index (χ1n) is 39.6. The molecule has 0 rings (SSSR count). The Morgan fingerprint density at radius 1 is 0.292 bits per heavy atom. The third kappa shape index (κ3) is 70.0. The molecular weight excluding hydrogens is 1260 g/mol. The van der Waals surface area contributed by atoms with Gasteiger partial charge in [-0.25, -0.2) is 9.13 Å². The first kappa shape index (κ1) is 93.5. The number of carbonyl (C=O) groups is 4. The number of esters is 4. The van der Waals surface area contributed by atoms with Crippen LogP contribution in [0.5, 0.6) is 0 Å². The van der Waals surface area contributed by atoms with Crippen LogP contribution in [-0.4, -0.2) is 96.7 Å². The molecule has 0 spiro atoms. The van der Waals surface area contributed by atoms with Crippen LogP contribution in [0.3, 0.4) is 0 Å². The maximum absolute atomic E-state index is 13.1. The normalized spacial score (nSPS) is 14.0. The van der Waals surface area contributed by atoms with Gasteiger partial charge in [0.2, 0.25) is 0 Å². The van der Waals surface area contributed by atoms with Gasteiger partial charge in [-0.3, -0.25) is 37.3 Å². The van der Waals surface area contributed by atoms with E-state index in [9.17, 15) is 43.2 Å². The number of phosphoric ester groups is 2. The molecule has 0 saturated heterocycles. The second-order valence-corrected chi connectivity index (χ2v) is 30.0. The van der Waals surface area contributed by atoms with Crippen molar-refractivity contribution >= 4 is 39.5 Å². The molecule has 0 amide bonds. The monoisotopic (exact) mass is 1410 g/mol. The summed E-state index contributed by atoms with van der Waals surface area (Å²) < 4.78 is 68.5. The second-order valence-electron chi connectivity index (χ2n) is 27.1. The number of carbonyl (C=O) groups excluding carboxylic acids is 4. The lowest BCUT2D eigenvalue weighted by Gasteiger charge is -2.21. The van der Waals surface area contributed by atoms with Crippen molar-refractivity contribution in [3.8, 4) is 0 Å². The molecule has 19 heteroatoms. The number of hydrogen-bond acceptors (Lipinski definition) is 15. The highest BCUT2D eigenvalue weighted by molar-refractivity contribution is 7.47. The Kier molecular flexibility index (Phi) is 69.1. The van der Waals surface area contributed by atoms with E-state index in [4.69, 9.17) is 37.0 Å². The van der Waals surface area contributed by atoms with Crippen molar-refractivity contribution in [1.29, 1.82) is 0 Å². The molecule has 0 aliphatic carbocycles. The first-order valence-corrected chi connectivity index (χ1v) is 42.6. The Labute approximate surface area is 586 Å². The van der Waals surface area contributed by atoms with Crippen molar-refractivity contribution in [2.45, 2.75) is 406 Å². The number of ether oxygens (including phenoxy) is 4. The van der Waals surface area contributed by atoms with Crippen LogP contribution in [0.25, 0.3) is 0 Å². The molecule has 566 valence electrons. The van der Waals surface area contributed by atoms with Crippen LogP contribution in [-0.2, 0) is 65.4 Å². The van der Waals surface area contributed by atoms with Crippen molar-refractivity contribution in [3.05, 3.63) is 24.3 Å². The van der Waals surface area contributed by atoms with Crippen LogP contribution in [0.1, 0.15) is 387 Å². The van der Waals surface area contributed by atoms with Gasteiger partial charge >= 0.3 is 39.5 Å². The number of rotatable bonds is 76. The van der Waals surface area contributed by atoms with Crippen molar-refractivity contribution in [2.24, 2.45) is 0 Å². The van der Waals surface area contributed by atoms with Crippen LogP contribution in [0.15, 0.2) is 24.3 Å². The van der Waals surface area contributed by atoms with Gasteiger partial charge in [0.1, 0.15) is 19.3 Å². The molecule has 0 aromatic rings. The number of aliphatic hydroxyl groups is 1. The third-order valence-corrected chi connectivity index (χ3v) is 19.4. The minimum Gasteiger partial charge on any atom is -0.462 e. The van der Waals surface area contributed by atoms with Gasteiger partial charge in [-0.2, -0.15) is 0 Å². The molecule has 0 radical (unpaired) electrons. The molecule has 0 fully saturated rings. The summed E-state index contributed by atoms with van der Waals surface area (Å²) in [6, 6.07) is 0. The Morgan fingerprint density at radius 2 is 0.500 bits per heavy atom. The number of aliphatic hydroxyl groups excluding tert-OH is 1. The lowest BCUT2D eigenvalue weighted by molar-refractivity contribution is -0.161. The summed E-state index contributed by atoms with van der Waals surface area (Å²) in [4.78, 5) is 72.9. The van der Waals surface area contributed by atoms with E-state index in [2.05, 4.69) is 52.0 Å². The van der Waals surface area contributed by atoms with Gasteiger partial charge in [-0.05, 0) is 51.4 Å². The first-order chi connectivity index (χ1) is 46.7. The van der Waals surface area contributed by atoms with Crippen LogP contribution >= 0.6 is 15.6 Å². The third-order valence-electron chi connectivity index (χ3n) is 17.5. The van der Waals surface area contributed by atoms with Crippen LogP contribution in [0.2, 0.25) is 0 Å². The Hall–Kier alpha value is -2.46. The maximum Gasteiger partial charge on any atom is 0.472 e. The van der Waals surface area contributed by atoms with E-state index >= 15 is 0 Å². The zero-order valence-corrected chi connectivity index (χ0v) is 63.6. The minimum absolute atomic E-state index is 0.102. The highest BCUT2D eigenvalue weighted by Crippen LogP contribution is 2.45. The number of hydrogen-bond donors (Lipinski definition) is 3. The molecule has 0 aliphatic heterocycles. The van der Waals surface area contributed by atoms with Gasteiger partial charge in [0.05, 0.1) is 26.4 Å². The van der Waals surface area contributed by atoms with Crippen molar-refractivity contribution in [2.75, 3.05) is 39.6 Å². The van der Waals surface area contributed by atoms with Crippen molar-refractivity contribution in [1.82, 2.24) is 0 Å². The molecule has 0 saturated carbocycles. The zero-order valence-electron chi connectivity index (χ0n) is 61.8. The molecule has 5 atom stereocenters. The van der Waals surface area contributed by atoms with Crippen LogP contribution in [0, 0.1) is 0 Å². The minimum atomic E-state index is -4.96. The van der Waals surface area contributed by atoms with E-state index in [0.29, 0.717) is 25.7 Å². The SMILES string of the molecule is CCCCCC/C=C\C=C/CCCCCCCC(=O)OC[C@H](COP(=O)(O)OC[C@@H](O)COP(=O)(O)OC[C@@H](COC(=O)CCCCCCCCCCCCCC)OC(=O)CCCCCCCCCCCCCCC)OC(=O)CCCCCCCCCCCCCCCCCC. The van der Waals surface area contributed by atoms with Crippen molar-refractivity contribution < 1.29 is 80.2 Å². The average molecular weight is 1410 g/mol. The zero-order chi connectivity index (χ0) is 70.4. The topological polar surface area (TPSA) is 237 Å². The van der Waals surface area contributed by atoms with Gasteiger partial charge < -0.3 is 33.8 Å². The molecule has 0 heterocycles. The average Bonchev–Trinajstić information content (AvgIpc) is 1.15. The van der Waals surface area contributed by atoms with E-state index in [1.807, 2.05) is 0 Å². The smallest absolute Gasteiger partial charge is 0.462 e. The molecule has 0 aromatic heterocycles. The summed E-state index contributed by atoms with van der Waals surface area (Å²) in [5.74, 6) is -2.14. The summed E-state index contributed by atoms with van der Waals surface area (Å²) in [6.45, 7) is 4.94. The molecule has 3 N–H and O–H groups in total.